The van der Waals surface area contributed by atoms with Gasteiger partial charge in [-0.05, 0) is 43.0 Å². The zero-order chi connectivity index (χ0) is 15.6. The van der Waals surface area contributed by atoms with E-state index >= 15 is 0 Å². The van der Waals surface area contributed by atoms with E-state index < -0.39 is 0 Å². The van der Waals surface area contributed by atoms with E-state index in [-0.39, 0.29) is 5.56 Å². The molecule has 1 heterocycles. The zero-order valence-corrected chi connectivity index (χ0v) is 13.9. The average Bonchev–Trinajstić information content (AvgIpc) is 2.43. The van der Waals surface area contributed by atoms with Crippen molar-refractivity contribution >= 4 is 12.6 Å². The van der Waals surface area contributed by atoms with Crippen LogP contribution in [0.3, 0.4) is 0 Å². The van der Waals surface area contributed by atoms with E-state index in [1.54, 1.807) is 4.68 Å². The summed E-state index contributed by atoms with van der Waals surface area (Å²) in [6.07, 6.45) is 0. The summed E-state index contributed by atoms with van der Waals surface area (Å²) in [5.41, 5.74) is 5.02. The quantitative estimate of drug-likeness (QED) is 0.876. The molecule has 0 aliphatic heterocycles. The molecule has 0 aliphatic rings. The molecule has 0 spiro atoms. The molecule has 0 radical (unpaired) electrons. The minimum Gasteiger partial charge on any atom is -0.267 e. The third-order valence-electron chi connectivity index (χ3n) is 3.56. The van der Waals surface area contributed by atoms with Gasteiger partial charge >= 0.3 is 0 Å². The number of hydrogen-bond donors (Lipinski definition) is 1. The Morgan fingerprint density at radius 1 is 1.19 bits per heavy atom. The molecule has 0 saturated carbocycles. The summed E-state index contributed by atoms with van der Waals surface area (Å²) in [6, 6.07) is 8.11. The van der Waals surface area contributed by atoms with Gasteiger partial charge < -0.3 is 0 Å². The van der Waals surface area contributed by atoms with E-state index in [0.29, 0.717) is 23.8 Å². The molecule has 4 heteroatoms. The van der Waals surface area contributed by atoms with Crippen molar-refractivity contribution in [3.05, 3.63) is 51.3 Å². The summed E-state index contributed by atoms with van der Waals surface area (Å²) in [5, 5.41) is 4.53. The number of benzene rings is 1. The number of hydrogen-bond acceptors (Lipinski definition) is 3. The Labute approximate surface area is 131 Å². The van der Waals surface area contributed by atoms with E-state index in [2.05, 4.69) is 63.6 Å². The molecule has 3 nitrogen and oxygen atoms in total. The highest BCUT2D eigenvalue weighted by Gasteiger charge is 2.10. The van der Waals surface area contributed by atoms with Crippen LogP contribution in [0.5, 0.6) is 0 Å². The van der Waals surface area contributed by atoms with E-state index in [4.69, 9.17) is 0 Å². The van der Waals surface area contributed by atoms with E-state index in [1.807, 2.05) is 6.07 Å². The van der Waals surface area contributed by atoms with Gasteiger partial charge in [0.05, 0.1) is 5.69 Å². The lowest BCUT2D eigenvalue weighted by molar-refractivity contribution is 0.463. The maximum absolute atomic E-state index is 12.3. The fourth-order valence-electron chi connectivity index (χ4n) is 2.22. The third-order valence-corrected chi connectivity index (χ3v) is 3.90. The van der Waals surface area contributed by atoms with Crippen molar-refractivity contribution in [2.45, 2.75) is 40.0 Å². The van der Waals surface area contributed by atoms with Crippen LogP contribution >= 0.6 is 12.6 Å². The smallest absolute Gasteiger partial charge is 0.267 e. The Bertz CT molecular complexity index is 704. The Balaban J connectivity index is 2.57. The molecule has 2 rings (SSSR count). The van der Waals surface area contributed by atoms with E-state index in [1.165, 1.54) is 11.1 Å². The molecule has 0 amide bonds. The second kappa shape index (κ2) is 6.48. The highest BCUT2D eigenvalue weighted by molar-refractivity contribution is 7.79. The summed E-state index contributed by atoms with van der Waals surface area (Å²) >= 11 is 4.27. The summed E-state index contributed by atoms with van der Waals surface area (Å²) in [4.78, 5) is 12.3. The van der Waals surface area contributed by atoms with E-state index in [0.717, 1.165) is 11.3 Å². The molecule has 0 bridgehead atoms. The highest BCUT2D eigenvalue weighted by atomic mass is 32.1. The molecule has 21 heavy (non-hydrogen) atoms. The molecule has 2 aromatic rings. The Morgan fingerprint density at radius 3 is 2.48 bits per heavy atom. The molecule has 0 saturated heterocycles. The van der Waals surface area contributed by atoms with Crippen LogP contribution in [0, 0.1) is 19.8 Å². The van der Waals surface area contributed by atoms with Crippen LogP contribution in [-0.4, -0.2) is 9.78 Å². The second-order valence-corrected chi connectivity index (χ2v) is 6.21. The molecular formula is C17H22N2OS. The predicted molar refractivity (Wildman–Crippen MR) is 90.9 cm³/mol. The Kier molecular flexibility index (Phi) is 4.88. The third kappa shape index (κ3) is 3.56. The number of aryl methyl sites for hydroxylation is 2. The zero-order valence-electron chi connectivity index (χ0n) is 13.1. The van der Waals surface area contributed by atoms with Gasteiger partial charge in [0.2, 0.25) is 0 Å². The van der Waals surface area contributed by atoms with Gasteiger partial charge in [0.25, 0.3) is 5.56 Å². The summed E-state index contributed by atoms with van der Waals surface area (Å²) in [7, 11) is 0. The predicted octanol–water partition coefficient (Wildman–Crippen LogP) is 3.61. The van der Waals surface area contributed by atoms with Crippen molar-refractivity contribution in [3.8, 4) is 11.3 Å². The normalized spacial score (nSPS) is 11.1. The average molecular weight is 302 g/mol. The molecule has 0 fully saturated rings. The lowest BCUT2D eigenvalue weighted by Crippen LogP contribution is -2.28. The van der Waals surface area contributed by atoms with Crippen molar-refractivity contribution in [2.75, 3.05) is 0 Å². The number of nitrogens with zero attached hydrogens (tertiary/aromatic N) is 2. The number of rotatable bonds is 4. The Hall–Kier alpha value is -1.55. The molecule has 0 atom stereocenters. The van der Waals surface area contributed by atoms with Gasteiger partial charge in [-0.2, -0.15) is 17.7 Å². The van der Waals surface area contributed by atoms with Crippen LogP contribution in [0.25, 0.3) is 11.3 Å². The van der Waals surface area contributed by atoms with Crippen LogP contribution in [0.2, 0.25) is 0 Å². The summed E-state index contributed by atoms with van der Waals surface area (Å²) < 4.78 is 1.57. The second-order valence-electron chi connectivity index (χ2n) is 5.89. The topological polar surface area (TPSA) is 34.9 Å². The van der Waals surface area contributed by atoms with Gasteiger partial charge in [-0.25, -0.2) is 4.68 Å². The fourth-order valence-corrected chi connectivity index (χ4v) is 2.45. The molecule has 0 unspecified atom stereocenters. The Morgan fingerprint density at radius 2 is 1.90 bits per heavy atom. The molecule has 0 N–H and O–H groups in total. The van der Waals surface area contributed by atoms with Crippen LogP contribution < -0.4 is 5.56 Å². The van der Waals surface area contributed by atoms with Gasteiger partial charge in [-0.15, -0.1) is 0 Å². The van der Waals surface area contributed by atoms with Gasteiger partial charge in [0.1, 0.15) is 0 Å². The van der Waals surface area contributed by atoms with Crippen molar-refractivity contribution in [1.29, 1.82) is 0 Å². The van der Waals surface area contributed by atoms with Crippen molar-refractivity contribution in [1.82, 2.24) is 9.78 Å². The van der Waals surface area contributed by atoms with Crippen molar-refractivity contribution < 1.29 is 0 Å². The van der Waals surface area contributed by atoms with Crippen molar-refractivity contribution in [3.63, 3.8) is 0 Å². The fraction of sp³-hybridized carbons (Fsp3) is 0.412. The summed E-state index contributed by atoms with van der Waals surface area (Å²) in [6.45, 7) is 8.96. The van der Waals surface area contributed by atoms with Crippen LogP contribution in [0.4, 0.5) is 0 Å². The van der Waals surface area contributed by atoms with Crippen LogP contribution in [-0.2, 0) is 12.3 Å². The minimum absolute atomic E-state index is 0.0358. The van der Waals surface area contributed by atoms with Gasteiger partial charge in [-0.3, -0.25) is 4.79 Å². The largest absolute Gasteiger partial charge is 0.270 e. The lowest BCUT2D eigenvalue weighted by Gasteiger charge is -2.12. The van der Waals surface area contributed by atoms with Gasteiger partial charge in [-0.1, -0.05) is 26.0 Å². The molecule has 112 valence electrons. The SMILES string of the molecule is Cc1ccc(-c2cc(CS)c(=O)n(CC(C)C)n2)cc1C. The maximum Gasteiger partial charge on any atom is 0.270 e. The number of thiol groups is 1. The molecule has 1 aromatic heterocycles. The monoisotopic (exact) mass is 302 g/mol. The lowest BCUT2D eigenvalue weighted by atomic mass is 10.0. The number of aromatic nitrogens is 2. The molecule has 0 aliphatic carbocycles. The summed E-state index contributed by atoms with van der Waals surface area (Å²) in [5.74, 6) is 0.801. The van der Waals surface area contributed by atoms with Gasteiger partial charge in [0, 0.05) is 23.4 Å². The molecule has 1 aromatic carbocycles. The minimum atomic E-state index is -0.0358. The molecular weight excluding hydrogens is 280 g/mol. The highest BCUT2D eigenvalue weighted by Crippen LogP contribution is 2.20. The van der Waals surface area contributed by atoms with E-state index in [9.17, 15) is 4.79 Å². The van der Waals surface area contributed by atoms with Crippen LogP contribution in [0.1, 0.15) is 30.5 Å². The van der Waals surface area contributed by atoms with Crippen LogP contribution in [0.15, 0.2) is 29.1 Å². The standard InChI is InChI=1S/C17H22N2OS/c1-11(2)9-19-17(20)15(10-21)8-16(18-19)14-6-5-12(3)13(4)7-14/h5-8,11,21H,9-10H2,1-4H3. The first-order chi connectivity index (χ1) is 9.92. The maximum atomic E-state index is 12.3. The first-order valence-electron chi connectivity index (χ1n) is 7.22. The first-order valence-corrected chi connectivity index (χ1v) is 7.85. The first kappa shape index (κ1) is 15.8. The van der Waals surface area contributed by atoms with Gasteiger partial charge in [0.15, 0.2) is 0 Å². The van der Waals surface area contributed by atoms with Crippen molar-refractivity contribution in [2.24, 2.45) is 5.92 Å².